The number of ketones is 1. The number of anilines is 1. The number of rotatable bonds is 8. The van der Waals surface area contributed by atoms with Crippen molar-refractivity contribution in [1.29, 1.82) is 5.26 Å². The number of amides is 3. The van der Waals surface area contributed by atoms with E-state index in [2.05, 4.69) is 9.72 Å². The van der Waals surface area contributed by atoms with E-state index in [1.807, 2.05) is 0 Å². The number of benzene rings is 2. The second-order valence-electron chi connectivity index (χ2n) is 10.2. The number of nitriles is 1. The van der Waals surface area contributed by atoms with Gasteiger partial charge in [0.2, 0.25) is 0 Å². The molecule has 3 aromatic rings. The highest BCUT2D eigenvalue weighted by molar-refractivity contribution is 6.23. The van der Waals surface area contributed by atoms with Gasteiger partial charge in [-0.3, -0.25) is 14.6 Å². The number of methoxy groups -OCH3 is 1. The van der Waals surface area contributed by atoms with Crippen LogP contribution in [-0.4, -0.2) is 46.2 Å². The van der Waals surface area contributed by atoms with Gasteiger partial charge in [0.25, 0.3) is 5.91 Å². The van der Waals surface area contributed by atoms with Crippen LogP contribution in [0, 0.1) is 17.1 Å². The van der Waals surface area contributed by atoms with Crippen molar-refractivity contribution in [3.05, 3.63) is 94.1 Å². The fourth-order valence-electron chi connectivity index (χ4n) is 4.66. The van der Waals surface area contributed by atoms with Crippen LogP contribution in [-0.2, 0) is 39.9 Å². The molecule has 13 heteroatoms. The molecule has 1 aromatic heterocycles. The number of hydrogen-bond donors (Lipinski definition) is 0. The zero-order valence-corrected chi connectivity index (χ0v) is 23.2. The molecule has 0 saturated carbocycles. The summed E-state index contributed by atoms with van der Waals surface area (Å²) in [6.07, 6.45) is -4.04. The predicted octanol–water partition coefficient (Wildman–Crippen LogP) is 5.00. The van der Waals surface area contributed by atoms with Gasteiger partial charge in [0.05, 0.1) is 35.6 Å². The summed E-state index contributed by atoms with van der Waals surface area (Å²) in [5.41, 5.74) is -2.71. The third kappa shape index (κ3) is 6.23. The van der Waals surface area contributed by atoms with E-state index in [1.165, 1.54) is 51.4 Å². The third-order valence-electron chi connectivity index (χ3n) is 7.02. The minimum atomic E-state index is -4.91. The Kier molecular flexibility index (Phi) is 8.34. The number of Topliss-reactive ketones (excluding diaryl/α,β-unsaturated/α-hetero) is 1. The van der Waals surface area contributed by atoms with Gasteiger partial charge in [-0.05, 0) is 67.4 Å². The number of halogens is 4. The first-order chi connectivity index (χ1) is 20.2. The number of alkyl halides is 3. The van der Waals surface area contributed by atoms with Gasteiger partial charge in [0, 0.05) is 31.3 Å². The maximum Gasteiger partial charge on any atom is 0.417 e. The van der Waals surface area contributed by atoms with Crippen LogP contribution in [0.4, 0.5) is 28.0 Å². The highest BCUT2D eigenvalue weighted by Gasteiger charge is 2.52. The van der Waals surface area contributed by atoms with Crippen molar-refractivity contribution in [1.82, 2.24) is 9.88 Å². The van der Waals surface area contributed by atoms with E-state index in [0.29, 0.717) is 22.2 Å². The summed E-state index contributed by atoms with van der Waals surface area (Å²) in [6.45, 7) is 2.57. The first-order valence-corrected chi connectivity index (χ1v) is 12.8. The quantitative estimate of drug-likeness (QED) is 0.204. The number of carbonyl (C=O) groups excluding carboxylic acids is 4. The van der Waals surface area contributed by atoms with Crippen molar-refractivity contribution < 1.29 is 41.5 Å². The third-order valence-corrected chi connectivity index (χ3v) is 7.02. The number of esters is 1. The van der Waals surface area contributed by atoms with Gasteiger partial charge in [-0.25, -0.2) is 18.9 Å². The number of aromatic nitrogens is 1. The molecule has 43 heavy (non-hydrogen) atoms. The number of pyridine rings is 1. The minimum absolute atomic E-state index is 0.141. The van der Waals surface area contributed by atoms with Gasteiger partial charge < -0.3 is 9.64 Å². The van der Waals surface area contributed by atoms with Crippen molar-refractivity contribution in [2.75, 3.05) is 12.0 Å². The summed E-state index contributed by atoms with van der Waals surface area (Å²) in [4.78, 5) is 57.1. The number of carbonyl (C=O) groups is 4. The smallest absolute Gasteiger partial charge is 0.417 e. The van der Waals surface area contributed by atoms with Gasteiger partial charge in [-0.1, -0.05) is 6.07 Å². The van der Waals surface area contributed by atoms with E-state index >= 15 is 0 Å². The number of ether oxygens (including phenoxy) is 1. The SMILES string of the molecule is COC(=O)c1ccc(CC(=O)Cc2cc(F)ccc2CN2C(=O)N(c3ccc(C#N)c(C(F)(F)F)c3)C(=O)C2(C)C)nc1. The Morgan fingerprint density at radius 2 is 1.74 bits per heavy atom. The molecule has 222 valence electrons. The molecule has 0 bridgehead atoms. The summed E-state index contributed by atoms with van der Waals surface area (Å²) in [7, 11) is 1.22. The van der Waals surface area contributed by atoms with Crippen molar-refractivity contribution in [3.63, 3.8) is 0 Å². The first kappa shape index (κ1) is 30.8. The standard InChI is InChI=1S/C30H24F4N4O5/c1-29(2)27(41)38(23-9-6-17(14-35)25(13-23)30(32,33)34)28(42)37(29)16-19-4-7-21(31)10-20(19)11-24(39)12-22-8-5-18(15-36-22)26(40)43-3/h4-10,13,15H,11-12,16H2,1-3H3. The Labute approximate surface area is 243 Å². The van der Waals surface area contributed by atoms with Crippen molar-refractivity contribution >= 4 is 29.4 Å². The topological polar surface area (TPSA) is 121 Å². The van der Waals surface area contributed by atoms with Crippen molar-refractivity contribution in [3.8, 4) is 6.07 Å². The molecular weight excluding hydrogens is 572 g/mol. The number of urea groups is 1. The molecule has 1 aliphatic heterocycles. The molecule has 0 N–H and O–H groups in total. The molecule has 0 radical (unpaired) electrons. The Morgan fingerprint density at radius 3 is 2.35 bits per heavy atom. The van der Waals surface area contributed by atoms with Gasteiger partial charge in [0.15, 0.2) is 0 Å². The van der Waals surface area contributed by atoms with Crippen LogP contribution in [0.3, 0.4) is 0 Å². The number of imide groups is 1. The van der Waals surface area contributed by atoms with Gasteiger partial charge in [-0.2, -0.15) is 18.4 Å². The average molecular weight is 597 g/mol. The lowest BCUT2D eigenvalue weighted by atomic mass is 9.97. The zero-order chi connectivity index (χ0) is 31.7. The molecule has 9 nitrogen and oxygen atoms in total. The fraction of sp³-hybridized carbons (Fsp3) is 0.267. The van der Waals surface area contributed by atoms with Crippen LogP contribution in [0.1, 0.15) is 52.2 Å². The Morgan fingerprint density at radius 1 is 1.02 bits per heavy atom. The molecule has 0 atom stereocenters. The Hall–Kier alpha value is -5.12. The van der Waals surface area contributed by atoms with E-state index < -0.39 is 46.6 Å². The van der Waals surface area contributed by atoms with Crippen LogP contribution in [0.2, 0.25) is 0 Å². The molecule has 1 saturated heterocycles. The molecule has 3 amide bonds. The monoisotopic (exact) mass is 596 g/mol. The lowest BCUT2D eigenvalue weighted by Gasteiger charge is -2.28. The second kappa shape index (κ2) is 11.6. The van der Waals surface area contributed by atoms with Crippen LogP contribution < -0.4 is 4.90 Å². The van der Waals surface area contributed by atoms with E-state index in [9.17, 15) is 36.7 Å². The normalized spacial score (nSPS) is 14.6. The van der Waals surface area contributed by atoms with E-state index in [4.69, 9.17) is 5.26 Å². The number of hydrogen-bond acceptors (Lipinski definition) is 7. The van der Waals surface area contributed by atoms with E-state index in [-0.39, 0.29) is 42.0 Å². The Balaban J connectivity index is 1.59. The molecule has 1 aliphatic rings. The molecule has 2 aromatic carbocycles. The zero-order valence-electron chi connectivity index (χ0n) is 23.2. The minimum Gasteiger partial charge on any atom is -0.465 e. The fourth-order valence-corrected chi connectivity index (χ4v) is 4.66. The van der Waals surface area contributed by atoms with Crippen LogP contribution in [0.25, 0.3) is 0 Å². The molecule has 1 fully saturated rings. The van der Waals surface area contributed by atoms with E-state index in [1.54, 1.807) is 0 Å². The van der Waals surface area contributed by atoms with Crippen LogP contribution >= 0.6 is 0 Å². The molecule has 0 unspecified atom stereocenters. The predicted molar refractivity (Wildman–Crippen MR) is 143 cm³/mol. The van der Waals surface area contributed by atoms with Gasteiger partial charge in [-0.15, -0.1) is 0 Å². The summed E-state index contributed by atoms with van der Waals surface area (Å²) < 4.78 is 59.5. The van der Waals surface area contributed by atoms with Gasteiger partial charge in [0.1, 0.15) is 17.1 Å². The maximum atomic E-state index is 14.2. The van der Waals surface area contributed by atoms with Crippen molar-refractivity contribution in [2.24, 2.45) is 0 Å². The highest BCUT2D eigenvalue weighted by Crippen LogP contribution is 2.38. The van der Waals surface area contributed by atoms with Gasteiger partial charge >= 0.3 is 18.2 Å². The lowest BCUT2D eigenvalue weighted by Crippen LogP contribution is -2.43. The molecule has 0 spiro atoms. The highest BCUT2D eigenvalue weighted by atomic mass is 19.4. The summed E-state index contributed by atoms with van der Waals surface area (Å²) in [5.74, 6) is -2.40. The van der Waals surface area contributed by atoms with E-state index in [0.717, 1.165) is 29.2 Å². The second-order valence-corrected chi connectivity index (χ2v) is 10.2. The number of nitrogens with zero attached hydrogens (tertiary/aromatic N) is 4. The summed E-state index contributed by atoms with van der Waals surface area (Å²) in [6, 6.07) is 9.61. The first-order valence-electron chi connectivity index (χ1n) is 12.8. The molecular formula is C30H24F4N4O5. The van der Waals surface area contributed by atoms with Crippen LogP contribution in [0.15, 0.2) is 54.7 Å². The summed E-state index contributed by atoms with van der Waals surface area (Å²) in [5, 5.41) is 9.09. The Bertz CT molecular complexity index is 1660. The molecule has 0 aliphatic carbocycles. The molecule has 4 rings (SSSR count). The average Bonchev–Trinajstić information content (AvgIpc) is 3.12. The van der Waals surface area contributed by atoms with Crippen LogP contribution in [0.5, 0.6) is 0 Å². The largest absolute Gasteiger partial charge is 0.465 e. The molecule has 2 heterocycles. The summed E-state index contributed by atoms with van der Waals surface area (Å²) >= 11 is 0. The maximum absolute atomic E-state index is 14.2. The van der Waals surface area contributed by atoms with Crippen molar-refractivity contribution in [2.45, 2.75) is 44.9 Å². The lowest BCUT2D eigenvalue weighted by molar-refractivity contribution is -0.137.